The second kappa shape index (κ2) is 9.40. The molecule has 5 rings (SSSR count). The molecule has 2 amide bonds. The number of ether oxygens (including phenoxy) is 2. The van der Waals surface area contributed by atoms with Crippen molar-refractivity contribution in [1.82, 2.24) is 4.31 Å². The van der Waals surface area contributed by atoms with Crippen molar-refractivity contribution in [2.45, 2.75) is 11.4 Å². The average molecular weight is 494 g/mol. The fourth-order valence-corrected chi connectivity index (χ4v) is 5.43. The molecule has 0 saturated heterocycles. The van der Waals surface area contributed by atoms with E-state index in [1.807, 2.05) is 6.07 Å². The van der Waals surface area contributed by atoms with Gasteiger partial charge in [-0.05, 0) is 29.8 Å². The highest BCUT2D eigenvalue weighted by Gasteiger charge is 2.33. The Morgan fingerprint density at radius 3 is 2.46 bits per heavy atom. The van der Waals surface area contributed by atoms with Crippen molar-refractivity contribution in [3.05, 3.63) is 78.4 Å². The molecule has 3 aromatic carbocycles. The third-order valence-electron chi connectivity index (χ3n) is 5.74. The summed E-state index contributed by atoms with van der Waals surface area (Å²) in [5.41, 5.74) is 1.74. The van der Waals surface area contributed by atoms with Crippen LogP contribution in [0.15, 0.2) is 77.7 Å². The summed E-state index contributed by atoms with van der Waals surface area (Å²) in [5, 5.41) is 2.73. The lowest BCUT2D eigenvalue weighted by Gasteiger charge is -2.31. The third kappa shape index (κ3) is 4.71. The molecule has 2 heterocycles. The maximum absolute atomic E-state index is 13.7. The summed E-state index contributed by atoms with van der Waals surface area (Å²) in [5.74, 6) is -0.0486. The van der Waals surface area contributed by atoms with E-state index in [1.165, 1.54) is 17.0 Å². The van der Waals surface area contributed by atoms with Gasteiger partial charge in [-0.3, -0.25) is 14.5 Å². The smallest absolute Gasteiger partial charge is 0.244 e. The number of anilines is 2. The Hall–Kier alpha value is -3.89. The van der Waals surface area contributed by atoms with E-state index in [0.29, 0.717) is 36.1 Å². The lowest BCUT2D eigenvalue weighted by molar-refractivity contribution is -0.122. The molecule has 0 spiro atoms. The van der Waals surface area contributed by atoms with Crippen LogP contribution in [-0.4, -0.2) is 50.8 Å². The summed E-state index contributed by atoms with van der Waals surface area (Å²) in [6.45, 7) is 0.0369. The van der Waals surface area contributed by atoms with Crippen LogP contribution in [0.1, 0.15) is 5.56 Å². The monoisotopic (exact) mass is 493 g/mol. The van der Waals surface area contributed by atoms with E-state index in [2.05, 4.69) is 5.32 Å². The molecular weight excluding hydrogens is 470 g/mol. The fraction of sp³-hybridized carbons (Fsp3) is 0.200. The number of hydrogen-bond donors (Lipinski definition) is 1. The van der Waals surface area contributed by atoms with Crippen LogP contribution in [0.3, 0.4) is 0 Å². The topological polar surface area (TPSA) is 105 Å². The first-order valence-corrected chi connectivity index (χ1v) is 12.5. The Morgan fingerprint density at radius 1 is 0.943 bits per heavy atom. The minimum Gasteiger partial charge on any atom is -0.486 e. The first kappa shape index (κ1) is 22.9. The maximum Gasteiger partial charge on any atom is 0.244 e. The Morgan fingerprint density at radius 2 is 1.66 bits per heavy atom. The summed E-state index contributed by atoms with van der Waals surface area (Å²) < 4.78 is 39.6. The van der Waals surface area contributed by atoms with Gasteiger partial charge in [-0.1, -0.05) is 42.5 Å². The number of nitrogens with zero attached hydrogens (tertiary/aromatic N) is 2. The third-order valence-corrected chi connectivity index (χ3v) is 7.52. The predicted octanol–water partition coefficient (Wildman–Crippen LogP) is 2.63. The lowest BCUT2D eigenvalue weighted by Crippen LogP contribution is -2.47. The quantitative estimate of drug-likeness (QED) is 0.566. The zero-order valence-electron chi connectivity index (χ0n) is 18.7. The molecule has 10 heteroatoms. The van der Waals surface area contributed by atoms with Crippen molar-refractivity contribution in [3.8, 4) is 11.5 Å². The zero-order valence-corrected chi connectivity index (χ0v) is 19.5. The molecule has 3 aromatic rings. The number of hydrogen-bond acceptors (Lipinski definition) is 6. The van der Waals surface area contributed by atoms with Gasteiger partial charge in [0.05, 0.1) is 22.8 Å². The van der Waals surface area contributed by atoms with Crippen molar-refractivity contribution in [2.24, 2.45) is 0 Å². The minimum absolute atomic E-state index is 0.0118. The fourth-order valence-electron chi connectivity index (χ4n) is 4.04. The molecule has 0 radical (unpaired) electrons. The van der Waals surface area contributed by atoms with E-state index in [0.717, 1.165) is 9.87 Å². The summed E-state index contributed by atoms with van der Waals surface area (Å²) in [4.78, 5) is 26.9. The highest BCUT2D eigenvalue weighted by atomic mass is 32.2. The van der Waals surface area contributed by atoms with Gasteiger partial charge in [0, 0.05) is 12.6 Å². The van der Waals surface area contributed by atoms with Gasteiger partial charge < -0.3 is 14.8 Å². The summed E-state index contributed by atoms with van der Waals surface area (Å²) in [6, 6.07) is 20.3. The molecule has 1 N–H and O–H groups in total. The lowest BCUT2D eigenvalue weighted by atomic mass is 10.2. The van der Waals surface area contributed by atoms with E-state index in [-0.39, 0.29) is 23.9 Å². The molecule has 0 fully saturated rings. The number of amides is 2. The van der Waals surface area contributed by atoms with E-state index >= 15 is 0 Å². The molecule has 2 aliphatic rings. The summed E-state index contributed by atoms with van der Waals surface area (Å²) in [7, 11) is -4.11. The molecule has 35 heavy (non-hydrogen) atoms. The Labute approximate surface area is 202 Å². The highest BCUT2D eigenvalue weighted by molar-refractivity contribution is 7.89. The van der Waals surface area contributed by atoms with Crippen LogP contribution in [0.4, 0.5) is 11.4 Å². The summed E-state index contributed by atoms with van der Waals surface area (Å²) in [6.07, 6.45) is 0. The van der Waals surface area contributed by atoms with Gasteiger partial charge in [-0.15, -0.1) is 0 Å². The van der Waals surface area contributed by atoms with Crippen molar-refractivity contribution in [3.63, 3.8) is 0 Å². The molecule has 0 atom stereocenters. The molecule has 0 aliphatic carbocycles. The zero-order chi connectivity index (χ0) is 24.4. The minimum atomic E-state index is -4.11. The standard InChI is InChI=1S/C25H23N3O6S/c29-24-16-28(21-9-5-4-8-20(21)26-24)25(30)17-27(15-18-6-2-1-3-7-18)35(31,32)19-10-11-22-23(14-19)34-13-12-33-22/h1-11,14H,12-13,15-17H2,(H,26,29). The van der Waals surface area contributed by atoms with E-state index in [9.17, 15) is 18.0 Å². The number of carbonyl (C=O) groups is 2. The van der Waals surface area contributed by atoms with E-state index < -0.39 is 22.5 Å². The number of benzene rings is 3. The number of para-hydroxylation sites is 2. The van der Waals surface area contributed by atoms with Crippen LogP contribution in [0.2, 0.25) is 0 Å². The van der Waals surface area contributed by atoms with Crippen LogP contribution in [0.5, 0.6) is 11.5 Å². The van der Waals surface area contributed by atoms with Gasteiger partial charge in [0.1, 0.15) is 19.8 Å². The summed E-state index contributed by atoms with van der Waals surface area (Å²) >= 11 is 0. The van der Waals surface area contributed by atoms with Crippen molar-refractivity contribution < 1.29 is 27.5 Å². The van der Waals surface area contributed by atoms with Crippen molar-refractivity contribution >= 4 is 33.2 Å². The van der Waals surface area contributed by atoms with Crippen LogP contribution < -0.4 is 19.7 Å². The van der Waals surface area contributed by atoms with Gasteiger partial charge in [-0.2, -0.15) is 4.31 Å². The number of sulfonamides is 1. The molecule has 2 aliphatic heterocycles. The Kier molecular flexibility index (Phi) is 6.14. The molecule has 180 valence electrons. The van der Waals surface area contributed by atoms with Crippen LogP contribution >= 0.6 is 0 Å². The highest BCUT2D eigenvalue weighted by Crippen LogP contribution is 2.34. The second-order valence-corrected chi connectivity index (χ2v) is 10.0. The largest absolute Gasteiger partial charge is 0.486 e. The van der Waals surface area contributed by atoms with E-state index in [4.69, 9.17) is 9.47 Å². The van der Waals surface area contributed by atoms with Gasteiger partial charge in [0.2, 0.25) is 21.8 Å². The first-order chi connectivity index (χ1) is 16.9. The second-order valence-electron chi connectivity index (χ2n) is 8.11. The number of carbonyl (C=O) groups excluding carboxylic acids is 2. The number of fused-ring (bicyclic) bond motifs is 2. The molecule has 0 bridgehead atoms. The SMILES string of the molecule is O=C1CN(C(=O)CN(Cc2ccccc2)S(=O)(=O)c2ccc3c(c2)OCCO3)c2ccccc2N1. The Bertz CT molecular complexity index is 1380. The van der Waals surface area contributed by atoms with Gasteiger partial charge in [0.15, 0.2) is 11.5 Å². The normalized spacial score (nSPS) is 14.9. The predicted molar refractivity (Wildman–Crippen MR) is 129 cm³/mol. The van der Waals surface area contributed by atoms with Gasteiger partial charge >= 0.3 is 0 Å². The van der Waals surface area contributed by atoms with Gasteiger partial charge in [-0.25, -0.2) is 8.42 Å². The Balaban J connectivity index is 1.48. The first-order valence-electron chi connectivity index (χ1n) is 11.0. The van der Waals surface area contributed by atoms with Gasteiger partial charge in [0.25, 0.3) is 0 Å². The van der Waals surface area contributed by atoms with Crippen molar-refractivity contribution in [1.29, 1.82) is 0 Å². The van der Waals surface area contributed by atoms with Crippen LogP contribution in [0, 0.1) is 0 Å². The average Bonchev–Trinajstić information content (AvgIpc) is 2.88. The number of nitrogens with one attached hydrogen (secondary N) is 1. The van der Waals surface area contributed by atoms with Crippen molar-refractivity contribution in [2.75, 3.05) is 36.5 Å². The molecule has 0 aromatic heterocycles. The van der Waals surface area contributed by atoms with Crippen LogP contribution in [0.25, 0.3) is 0 Å². The number of rotatable bonds is 6. The molecule has 0 saturated carbocycles. The molecular formula is C25H23N3O6S. The molecule has 9 nitrogen and oxygen atoms in total. The van der Waals surface area contributed by atoms with E-state index in [1.54, 1.807) is 54.6 Å². The molecule has 0 unspecified atom stereocenters. The maximum atomic E-state index is 13.7. The van der Waals surface area contributed by atoms with Crippen LogP contribution in [-0.2, 0) is 26.2 Å².